The fraction of sp³-hybridized carbons (Fsp3) is 0.778. The lowest BCUT2D eigenvalue weighted by molar-refractivity contribution is -0.150. The van der Waals surface area contributed by atoms with Crippen molar-refractivity contribution in [3.63, 3.8) is 0 Å². The Morgan fingerprint density at radius 2 is 2.15 bits per heavy atom. The first-order valence-electron chi connectivity index (χ1n) is 4.48. The lowest BCUT2D eigenvalue weighted by Gasteiger charge is -2.17. The van der Waals surface area contributed by atoms with Gasteiger partial charge in [0.25, 0.3) is 0 Å². The van der Waals surface area contributed by atoms with Gasteiger partial charge >= 0.3 is 11.9 Å². The number of carboxylic acids is 1. The van der Waals surface area contributed by atoms with Crippen LogP contribution in [0.5, 0.6) is 0 Å². The van der Waals surface area contributed by atoms with Crippen LogP contribution in [0.2, 0.25) is 0 Å². The van der Waals surface area contributed by atoms with Gasteiger partial charge in [0, 0.05) is 12.8 Å². The minimum absolute atomic E-state index is 0.0152. The summed E-state index contributed by atoms with van der Waals surface area (Å²) in [5.74, 6) is -1.12. The Morgan fingerprint density at radius 3 is 2.69 bits per heavy atom. The van der Waals surface area contributed by atoms with Gasteiger partial charge in [0.2, 0.25) is 0 Å². The fourth-order valence-corrected chi connectivity index (χ4v) is 1.83. The smallest absolute Gasteiger partial charge is 0.303 e. The molecule has 0 aliphatic heterocycles. The molecule has 0 amide bonds. The number of aliphatic carboxylic acids is 1. The van der Waals surface area contributed by atoms with Gasteiger partial charge in [-0.05, 0) is 19.3 Å². The van der Waals surface area contributed by atoms with Gasteiger partial charge in [0.15, 0.2) is 0 Å². The van der Waals surface area contributed by atoms with Crippen LogP contribution in [0, 0.1) is 5.92 Å². The number of hydrogen-bond acceptors (Lipinski definition) is 3. The van der Waals surface area contributed by atoms with E-state index < -0.39 is 5.97 Å². The lowest BCUT2D eigenvalue weighted by Crippen LogP contribution is -2.22. The quantitative estimate of drug-likeness (QED) is 0.672. The molecule has 1 aliphatic rings. The van der Waals surface area contributed by atoms with E-state index in [-0.39, 0.29) is 24.4 Å². The zero-order valence-electron chi connectivity index (χ0n) is 7.66. The highest BCUT2D eigenvalue weighted by Gasteiger charge is 2.31. The maximum absolute atomic E-state index is 10.7. The van der Waals surface area contributed by atoms with Crippen molar-refractivity contribution in [3.05, 3.63) is 0 Å². The summed E-state index contributed by atoms with van der Waals surface area (Å²) >= 11 is 0. The van der Waals surface area contributed by atoms with E-state index in [4.69, 9.17) is 9.84 Å². The van der Waals surface area contributed by atoms with Gasteiger partial charge in [-0.2, -0.15) is 0 Å². The van der Waals surface area contributed by atoms with E-state index in [1.165, 1.54) is 6.92 Å². The van der Waals surface area contributed by atoms with Gasteiger partial charge in [-0.3, -0.25) is 9.59 Å². The average molecular weight is 186 g/mol. The highest BCUT2D eigenvalue weighted by Crippen LogP contribution is 2.30. The summed E-state index contributed by atoms with van der Waals surface area (Å²) in [7, 11) is 0. The first-order chi connectivity index (χ1) is 6.09. The van der Waals surface area contributed by atoms with E-state index in [1.54, 1.807) is 0 Å². The van der Waals surface area contributed by atoms with E-state index in [2.05, 4.69) is 0 Å². The normalized spacial score (nSPS) is 27.2. The first kappa shape index (κ1) is 10.0. The molecule has 13 heavy (non-hydrogen) atoms. The second-order valence-electron chi connectivity index (χ2n) is 3.44. The molecule has 0 aromatic heterocycles. The molecule has 4 nitrogen and oxygen atoms in total. The second-order valence-corrected chi connectivity index (χ2v) is 3.44. The van der Waals surface area contributed by atoms with E-state index in [0.717, 1.165) is 19.3 Å². The van der Waals surface area contributed by atoms with Gasteiger partial charge in [0.05, 0.1) is 6.42 Å². The third-order valence-corrected chi connectivity index (χ3v) is 2.34. The van der Waals surface area contributed by atoms with Gasteiger partial charge in [-0.25, -0.2) is 0 Å². The van der Waals surface area contributed by atoms with Crippen molar-refractivity contribution in [3.8, 4) is 0 Å². The zero-order valence-corrected chi connectivity index (χ0v) is 7.66. The molecule has 0 unspecified atom stereocenters. The van der Waals surface area contributed by atoms with Gasteiger partial charge in [-0.1, -0.05) is 0 Å². The van der Waals surface area contributed by atoms with Crippen LogP contribution in [0.1, 0.15) is 32.6 Å². The van der Waals surface area contributed by atoms with E-state index in [1.807, 2.05) is 0 Å². The van der Waals surface area contributed by atoms with Crippen LogP contribution >= 0.6 is 0 Å². The molecule has 74 valence electrons. The Bertz CT molecular complexity index is 190. The molecule has 1 aliphatic carbocycles. The minimum atomic E-state index is -0.816. The number of esters is 1. The Balaban J connectivity index is 2.43. The average Bonchev–Trinajstić information content (AvgIpc) is 2.34. The molecule has 0 saturated heterocycles. The monoisotopic (exact) mass is 186 g/mol. The van der Waals surface area contributed by atoms with Crippen LogP contribution in [0.4, 0.5) is 0 Å². The zero-order chi connectivity index (χ0) is 9.84. The largest absolute Gasteiger partial charge is 0.481 e. The molecule has 1 rings (SSSR count). The molecule has 0 aromatic rings. The highest BCUT2D eigenvalue weighted by atomic mass is 16.5. The molecular formula is C9H14O4. The summed E-state index contributed by atoms with van der Waals surface area (Å²) in [6, 6.07) is 0. The summed E-state index contributed by atoms with van der Waals surface area (Å²) in [5, 5.41) is 8.59. The maximum Gasteiger partial charge on any atom is 0.303 e. The van der Waals surface area contributed by atoms with Crippen molar-refractivity contribution >= 4 is 11.9 Å². The molecule has 1 fully saturated rings. The predicted molar refractivity (Wildman–Crippen MR) is 45.1 cm³/mol. The summed E-state index contributed by atoms with van der Waals surface area (Å²) in [5.41, 5.74) is 0. The summed E-state index contributed by atoms with van der Waals surface area (Å²) < 4.78 is 5.02. The maximum atomic E-state index is 10.7. The Kier molecular flexibility index (Phi) is 3.28. The number of carbonyl (C=O) groups excluding carboxylic acids is 1. The van der Waals surface area contributed by atoms with Crippen LogP contribution in [0.15, 0.2) is 0 Å². The summed E-state index contributed by atoms with van der Waals surface area (Å²) in [4.78, 5) is 21.1. The molecule has 0 bridgehead atoms. The molecular weight excluding hydrogens is 172 g/mol. The van der Waals surface area contributed by atoms with Crippen LogP contribution in [-0.4, -0.2) is 23.1 Å². The predicted octanol–water partition coefficient (Wildman–Crippen LogP) is 1.19. The number of rotatable bonds is 3. The third kappa shape index (κ3) is 3.05. The minimum Gasteiger partial charge on any atom is -0.481 e. The SMILES string of the molecule is CC(=O)O[C@@H]1CCC[C@H]1CC(=O)O. The van der Waals surface area contributed by atoms with E-state index in [9.17, 15) is 9.59 Å². The molecule has 1 saturated carbocycles. The summed E-state index contributed by atoms with van der Waals surface area (Å²) in [6.45, 7) is 1.36. The molecule has 4 heteroatoms. The van der Waals surface area contributed by atoms with Crippen LogP contribution < -0.4 is 0 Å². The Hall–Kier alpha value is -1.06. The molecule has 0 aromatic carbocycles. The highest BCUT2D eigenvalue weighted by molar-refractivity contribution is 5.68. The van der Waals surface area contributed by atoms with Crippen molar-refractivity contribution in [1.29, 1.82) is 0 Å². The number of hydrogen-bond donors (Lipinski definition) is 1. The van der Waals surface area contributed by atoms with Crippen molar-refractivity contribution in [2.24, 2.45) is 5.92 Å². The number of carboxylic acid groups (broad SMARTS) is 1. The van der Waals surface area contributed by atoms with Gasteiger partial charge in [-0.15, -0.1) is 0 Å². The third-order valence-electron chi connectivity index (χ3n) is 2.34. The molecule has 0 heterocycles. The van der Waals surface area contributed by atoms with Gasteiger partial charge in [0.1, 0.15) is 6.10 Å². The topological polar surface area (TPSA) is 63.6 Å². The number of ether oxygens (including phenoxy) is 1. The van der Waals surface area contributed by atoms with Crippen LogP contribution in [0.25, 0.3) is 0 Å². The van der Waals surface area contributed by atoms with Crippen LogP contribution in [-0.2, 0) is 14.3 Å². The fourth-order valence-electron chi connectivity index (χ4n) is 1.83. The van der Waals surface area contributed by atoms with E-state index in [0.29, 0.717) is 0 Å². The van der Waals surface area contributed by atoms with Crippen molar-refractivity contribution in [2.45, 2.75) is 38.7 Å². The number of carbonyl (C=O) groups is 2. The lowest BCUT2D eigenvalue weighted by atomic mass is 10.0. The van der Waals surface area contributed by atoms with Crippen molar-refractivity contribution < 1.29 is 19.4 Å². The standard InChI is InChI=1S/C9H14O4/c1-6(10)13-8-4-2-3-7(8)5-9(11)12/h7-8H,2-5H2,1H3,(H,11,12)/t7-,8+/m0/s1. The van der Waals surface area contributed by atoms with Crippen molar-refractivity contribution in [2.75, 3.05) is 0 Å². The molecule has 1 N–H and O–H groups in total. The van der Waals surface area contributed by atoms with E-state index >= 15 is 0 Å². The second kappa shape index (κ2) is 4.25. The van der Waals surface area contributed by atoms with Crippen LogP contribution in [0.3, 0.4) is 0 Å². The Morgan fingerprint density at radius 1 is 1.46 bits per heavy atom. The summed E-state index contributed by atoms with van der Waals surface area (Å²) in [6.07, 6.45) is 2.55. The molecule has 0 radical (unpaired) electrons. The first-order valence-corrected chi connectivity index (χ1v) is 4.48. The van der Waals surface area contributed by atoms with Crippen molar-refractivity contribution in [1.82, 2.24) is 0 Å². The Labute approximate surface area is 76.9 Å². The molecule has 0 spiro atoms. The van der Waals surface area contributed by atoms with Gasteiger partial charge < -0.3 is 9.84 Å². The molecule has 2 atom stereocenters.